The van der Waals surface area contributed by atoms with Crippen molar-refractivity contribution in [1.29, 1.82) is 0 Å². The van der Waals surface area contributed by atoms with Crippen LogP contribution in [0.2, 0.25) is 0 Å². The van der Waals surface area contributed by atoms with Gasteiger partial charge in [0.15, 0.2) is 0 Å². The molecule has 2 aliphatic heterocycles. The van der Waals surface area contributed by atoms with Crippen molar-refractivity contribution < 1.29 is 9.53 Å². The number of piperazine rings is 1. The number of amides is 1. The lowest BCUT2D eigenvalue weighted by atomic mass is 10.1. The van der Waals surface area contributed by atoms with Crippen LogP contribution in [0.15, 0.2) is 0 Å². The van der Waals surface area contributed by atoms with Crippen LogP contribution in [-0.4, -0.2) is 74.2 Å². The summed E-state index contributed by atoms with van der Waals surface area (Å²) in [6.45, 7) is 9.19. The van der Waals surface area contributed by atoms with Gasteiger partial charge in [-0.2, -0.15) is 0 Å². The smallest absolute Gasteiger partial charge is 0.240 e. The third kappa shape index (κ3) is 4.16. The van der Waals surface area contributed by atoms with Crippen LogP contribution in [0.1, 0.15) is 26.2 Å². The third-order valence-corrected chi connectivity index (χ3v) is 3.95. The fourth-order valence-electron chi connectivity index (χ4n) is 2.90. The Bertz CT molecular complexity index is 280. The van der Waals surface area contributed by atoms with E-state index in [0.717, 1.165) is 71.7 Å². The summed E-state index contributed by atoms with van der Waals surface area (Å²) in [6.07, 6.45) is 3.20. The van der Waals surface area contributed by atoms with Crippen molar-refractivity contribution in [3.63, 3.8) is 0 Å². The number of hydrogen-bond donors (Lipinski definition) is 1. The van der Waals surface area contributed by atoms with E-state index in [2.05, 4.69) is 17.1 Å². The molecule has 1 unspecified atom stereocenters. The van der Waals surface area contributed by atoms with Crippen molar-refractivity contribution in [2.24, 2.45) is 0 Å². The largest absolute Gasteiger partial charge is 0.380 e. The summed E-state index contributed by atoms with van der Waals surface area (Å²) in [5, 5.41) is 3.29. The number of likely N-dealkylation sites (tertiary alicyclic amines) is 1. The summed E-state index contributed by atoms with van der Waals surface area (Å²) in [4.78, 5) is 16.8. The van der Waals surface area contributed by atoms with E-state index in [1.807, 2.05) is 4.90 Å². The summed E-state index contributed by atoms with van der Waals surface area (Å²) in [6, 6.07) is 0.100. The van der Waals surface area contributed by atoms with Gasteiger partial charge in [-0.05, 0) is 25.8 Å². The average Bonchev–Trinajstić information content (AvgIpc) is 2.92. The van der Waals surface area contributed by atoms with Crippen LogP contribution in [0.4, 0.5) is 0 Å². The van der Waals surface area contributed by atoms with Crippen molar-refractivity contribution in [2.75, 3.05) is 52.5 Å². The second-order valence-corrected chi connectivity index (χ2v) is 5.38. The minimum Gasteiger partial charge on any atom is -0.380 e. The standard InChI is InChI=1S/C14H27N3O2/c1-2-11-19-12-10-16-7-3-4-13(16)14(18)17-8-5-15-6-9-17/h13,15H,2-12H2,1H3. The molecule has 0 bridgehead atoms. The quantitative estimate of drug-likeness (QED) is 0.705. The van der Waals surface area contributed by atoms with Crippen molar-refractivity contribution >= 4 is 5.91 Å². The molecule has 0 radical (unpaired) electrons. The molecule has 110 valence electrons. The molecule has 2 rings (SSSR count). The topological polar surface area (TPSA) is 44.8 Å². The lowest BCUT2D eigenvalue weighted by Gasteiger charge is -2.32. The molecule has 0 saturated carbocycles. The molecule has 1 amide bonds. The Balaban J connectivity index is 1.78. The van der Waals surface area contributed by atoms with Crippen LogP contribution in [0.3, 0.4) is 0 Å². The van der Waals surface area contributed by atoms with Gasteiger partial charge >= 0.3 is 0 Å². The molecule has 0 spiro atoms. The predicted octanol–water partition coefficient (Wildman–Crippen LogP) is 0.309. The maximum Gasteiger partial charge on any atom is 0.240 e. The molecular formula is C14H27N3O2. The van der Waals surface area contributed by atoms with Crippen LogP contribution in [0, 0.1) is 0 Å². The Morgan fingerprint density at radius 1 is 1.26 bits per heavy atom. The van der Waals surface area contributed by atoms with Crippen molar-refractivity contribution in [1.82, 2.24) is 15.1 Å². The van der Waals surface area contributed by atoms with Crippen LogP contribution in [0.25, 0.3) is 0 Å². The fraction of sp³-hybridized carbons (Fsp3) is 0.929. The molecule has 1 atom stereocenters. The Labute approximate surface area is 116 Å². The van der Waals surface area contributed by atoms with Crippen LogP contribution < -0.4 is 5.32 Å². The second-order valence-electron chi connectivity index (χ2n) is 5.38. The molecule has 1 N–H and O–H groups in total. The van der Waals surface area contributed by atoms with Gasteiger partial charge in [0.1, 0.15) is 0 Å². The highest BCUT2D eigenvalue weighted by Gasteiger charge is 2.33. The Morgan fingerprint density at radius 3 is 2.79 bits per heavy atom. The molecule has 0 aromatic heterocycles. The lowest BCUT2D eigenvalue weighted by Crippen LogP contribution is -2.52. The molecule has 19 heavy (non-hydrogen) atoms. The summed E-state index contributed by atoms with van der Waals surface area (Å²) in [7, 11) is 0. The van der Waals surface area contributed by atoms with E-state index in [0.29, 0.717) is 5.91 Å². The molecule has 5 nitrogen and oxygen atoms in total. The zero-order valence-electron chi connectivity index (χ0n) is 12.1. The first-order valence-corrected chi connectivity index (χ1v) is 7.64. The predicted molar refractivity (Wildman–Crippen MR) is 75.2 cm³/mol. The summed E-state index contributed by atoms with van der Waals surface area (Å²) in [5.74, 6) is 0.328. The number of carbonyl (C=O) groups is 1. The third-order valence-electron chi connectivity index (χ3n) is 3.95. The molecule has 5 heteroatoms. The van der Waals surface area contributed by atoms with Crippen LogP contribution in [-0.2, 0) is 9.53 Å². The van der Waals surface area contributed by atoms with E-state index in [-0.39, 0.29) is 6.04 Å². The van der Waals surface area contributed by atoms with Crippen molar-refractivity contribution in [3.05, 3.63) is 0 Å². The van der Waals surface area contributed by atoms with Gasteiger partial charge in [-0.3, -0.25) is 9.69 Å². The van der Waals surface area contributed by atoms with Gasteiger partial charge in [0.2, 0.25) is 5.91 Å². The van der Waals surface area contributed by atoms with Crippen molar-refractivity contribution in [2.45, 2.75) is 32.2 Å². The molecular weight excluding hydrogens is 242 g/mol. The SMILES string of the molecule is CCCOCCN1CCCC1C(=O)N1CCNCC1. The van der Waals surface area contributed by atoms with Crippen LogP contribution >= 0.6 is 0 Å². The van der Waals surface area contributed by atoms with E-state index >= 15 is 0 Å². The molecule has 0 aromatic rings. The molecule has 2 aliphatic rings. The summed E-state index contributed by atoms with van der Waals surface area (Å²) in [5.41, 5.74) is 0. The zero-order chi connectivity index (χ0) is 13.5. The maximum atomic E-state index is 12.5. The van der Waals surface area contributed by atoms with Gasteiger partial charge in [-0.25, -0.2) is 0 Å². The Morgan fingerprint density at radius 2 is 2.05 bits per heavy atom. The van der Waals surface area contributed by atoms with Crippen molar-refractivity contribution in [3.8, 4) is 0 Å². The number of nitrogens with one attached hydrogen (secondary N) is 1. The van der Waals surface area contributed by atoms with E-state index in [1.54, 1.807) is 0 Å². The number of nitrogens with zero attached hydrogens (tertiary/aromatic N) is 2. The highest BCUT2D eigenvalue weighted by molar-refractivity contribution is 5.82. The molecule has 0 aliphatic carbocycles. The maximum absolute atomic E-state index is 12.5. The normalized spacial score (nSPS) is 24.9. The highest BCUT2D eigenvalue weighted by atomic mass is 16.5. The van der Waals surface area contributed by atoms with Gasteiger partial charge in [0, 0.05) is 39.3 Å². The monoisotopic (exact) mass is 269 g/mol. The van der Waals surface area contributed by atoms with Gasteiger partial charge in [-0.1, -0.05) is 6.92 Å². The van der Waals surface area contributed by atoms with Gasteiger partial charge in [0.05, 0.1) is 12.6 Å². The first-order chi connectivity index (χ1) is 9.33. The highest BCUT2D eigenvalue weighted by Crippen LogP contribution is 2.19. The van der Waals surface area contributed by atoms with E-state index in [1.165, 1.54) is 0 Å². The summed E-state index contributed by atoms with van der Waals surface area (Å²) < 4.78 is 5.54. The Kier molecular flexibility index (Phi) is 6.07. The molecule has 0 aromatic carbocycles. The fourth-order valence-corrected chi connectivity index (χ4v) is 2.90. The van der Waals surface area contributed by atoms with Crippen LogP contribution in [0.5, 0.6) is 0 Å². The van der Waals surface area contributed by atoms with Gasteiger partial charge in [-0.15, -0.1) is 0 Å². The first-order valence-electron chi connectivity index (χ1n) is 7.64. The molecule has 2 heterocycles. The minimum atomic E-state index is 0.100. The van der Waals surface area contributed by atoms with Gasteiger partial charge < -0.3 is 15.0 Å². The second kappa shape index (κ2) is 7.82. The molecule has 2 fully saturated rings. The van der Waals surface area contributed by atoms with E-state index in [9.17, 15) is 4.79 Å². The average molecular weight is 269 g/mol. The Hall–Kier alpha value is -0.650. The molecule has 2 saturated heterocycles. The van der Waals surface area contributed by atoms with E-state index in [4.69, 9.17) is 4.74 Å². The number of rotatable bonds is 6. The zero-order valence-corrected chi connectivity index (χ0v) is 12.1. The first kappa shape index (κ1) is 14.8. The number of ether oxygens (including phenoxy) is 1. The summed E-state index contributed by atoms with van der Waals surface area (Å²) >= 11 is 0. The number of hydrogen-bond acceptors (Lipinski definition) is 4. The minimum absolute atomic E-state index is 0.100. The lowest BCUT2D eigenvalue weighted by molar-refractivity contribution is -0.136. The number of carbonyl (C=O) groups excluding carboxylic acids is 1. The van der Waals surface area contributed by atoms with E-state index < -0.39 is 0 Å². The van der Waals surface area contributed by atoms with Gasteiger partial charge in [0.25, 0.3) is 0 Å².